The molecule has 0 spiro atoms. The maximum Gasteiger partial charge on any atom is 0.303 e. The summed E-state index contributed by atoms with van der Waals surface area (Å²) in [6, 6.07) is 21.2. The summed E-state index contributed by atoms with van der Waals surface area (Å²) >= 11 is 0. The van der Waals surface area contributed by atoms with Crippen molar-refractivity contribution in [3.05, 3.63) is 120 Å². The zero-order chi connectivity index (χ0) is 56.9. The van der Waals surface area contributed by atoms with Crippen molar-refractivity contribution >= 4 is 69.2 Å². The number of furan rings is 2. The lowest BCUT2D eigenvalue weighted by atomic mass is 9.98. The average Bonchev–Trinajstić information content (AvgIpc) is 4.20. The molecular weight excluding hydrogens is 1020 g/mol. The molecule has 0 aliphatic carbocycles. The Kier molecular flexibility index (Phi) is 19.4. The number of para-hydroxylation sites is 2. The molecule has 0 bridgehead atoms. The third-order valence-corrected chi connectivity index (χ3v) is 13.8. The van der Waals surface area contributed by atoms with E-state index in [1.165, 1.54) is 38.9 Å². The summed E-state index contributed by atoms with van der Waals surface area (Å²) in [5, 5.41) is 25.4. The summed E-state index contributed by atoms with van der Waals surface area (Å²) < 4.78 is 21.4. The first-order chi connectivity index (χ1) is 37.9. The maximum atomic E-state index is 13.7. The molecule has 6 aromatic rings. The Bertz CT molecular complexity index is 3140. The van der Waals surface area contributed by atoms with E-state index in [0.717, 1.165) is 10.8 Å². The van der Waals surface area contributed by atoms with Gasteiger partial charge in [0, 0.05) is 75.0 Å². The highest BCUT2D eigenvalue weighted by molar-refractivity contribution is 6.01. The molecular formula is C57H66N8O14. The molecule has 4 atom stereocenters. The van der Waals surface area contributed by atoms with Crippen LogP contribution in [0.15, 0.2) is 106 Å². The molecule has 4 unspecified atom stereocenters. The summed E-state index contributed by atoms with van der Waals surface area (Å²) in [7, 11) is 2.98. The van der Waals surface area contributed by atoms with Crippen molar-refractivity contribution in [3.8, 4) is 11.5 Å². The minimum Gasteiger partial charge on any atom is -0.496 e. The Labute approximate surface area is 456 Å². The van der Waals surface area contributed by atoms with E-state index in [0.29, 0.717) is 29.0 Å². The number of nitrogens with zero attached hydrogens (tertiary/aromatic N) is 6. The number of hydrogen-bond acceptors (Lipinski definition) is 14. The fourth-order valence-electron chi connectivity index (χ4n) is 9.80. The molecule has 22 nitrogen and oxygen atoms in total. The summed E-state index contributed by atoms with van der Waals surface area (Å²) in [5.41, 5.74) is 1.20. The molecule has 4 N–H and O–H groups in total. The van der Waals surface area contributed by atoms with Crippen LogP contribution in [-0.2, 0) is 19.2 Å². The molecule has 8 rings (SSSR count). The van der Waals surface area contributed by atoms with Crippen molar-refractivity contribution in [2.45, 2.75) is 84.0 Å². The van der Waals surface area contributed by atoms with E-state index in [4.69, 9.17) is 18.3 Å². The number of nitrogens with one attached hydrogen (secondary N) is 2. The second-order valence-electron chi connectivity index (χ2n) is 20.0. The van der Waals surface area contributed by atoms with E-state index in [9.17, 15) is 48.6 Å². The lowest BCUT2D eigenvalue weighted by molar-refractivity contribution is -0.140. The number of aromatic nitrogens is 2. The highest BCUT2D eigenvalue weighted by Gasteiger charge is 2.39. The molecule has 418 valence electrons. The first-order valence-electron chi connectivity index (χ1n) is 26.1. The fourth-order valence-corrected chi connectivity index (χ4v) is 9.80. The minimum absolute atomic E-state index is 0.0286. The quantitative estimate of drug-likeness (QED) is 0.0723. The van der Waals surface area contributed by atoms with Gasteiger partial charge in [-0.2, -0.15) is 0 Å². The van der Waals surface area contributed by atoms with Gasteiger partial charge in [-0.1, -0.05) is 52.0 Å². The Morgan fingerprint density at radius 1 is 0.608 bits per heavy atom. The molecule has 79 heavy (non-hydrogen) atoms. The van der Waals surface area contributed by atoms with E-state index in [2.05, 4.69) is 20.6 Å². The van der Waals surface area contributed by atoms with Crippen molar-refractivity contribution in [2.24, 2.45) is 11.8 Å². The summed E-state index contributed by atoms with van der Waals surface area (Å²) in [5.74, 6) is -3.04. The van der Waals surface area contributed by atoms with Crippen molar-refractivity contribution in [1.29, 1.82) is 0 Å². The lowest BCUT2D eigenvalue weighted by Gasteiger charge is -2.43. The van der Waals surface area contributed by atoms with Crippen LogP contribution in [0.2, 0.25) is 0 Å². The lowest BCUT2D eigenvalue weighted by Crippen LogP contribution is -2.61. The number of amides is 6. The van der Waals surface area contributed by atoms with Crippen LogP contribution in [0, 0.1) is 11.8 Å². The SMILES string of the molecule is COc1cc(C(=O)NC(CCC(=O)O)C(=O)N2CCN(C(=O)c3ccco3)C(C(C)C)C2)nc2ccccc12.COc1cc(C(=O)NC(CCC(=O)O)C(=O)N2CCN(C(=O)c3ccco3)C(CC(C)C)C2)nc2ccccc12. The van der Waals surface area contributed by atoms with Crippen LogP contribution < -0.4 is 20.1 Å². The Morgan fingerprint density at radius 3 is 1.47 bits per heavy atom. The monoisotopic (exact) mass is 1090 g/mol. The van der Waals surface area contributed by atoms with E-state index < -0.39 is 47.7 Å². The molecule has 22 heteroatoms. The van der Waals surface area contributed by atoms with Gasteiger partial charge in [-0.15, -0.1) is 0 Å². The topological polar surface area (TPSA) is 285 Å². The number of fused-ring (bicyclic) bond motifs is 2. The van der Waals surface area contributed by atoms with Gasteiger partial charge in [-0.05, 0) is 79.6 Å². The number of pyridine rings is 2. The Morgan fingerprint density at radius 2 is 1.05 bits per heavy atom. The second kappa shape index (κ2) is 26.5. The molecule has 6 amide bonds. The predicted molar refractivity (Wildman–Crippen MR) is 287 cm³/mol. The Hall–Kier alpha value is -8.82. The van der Waals surface area contributed by atoms with Gasteiger partial charge >= 0.3 is 11.9 Å². The first kappa shape index (κ1) is 57.9. The zero-order valence-electron chi connectivity index (χ0n) is 45.0. The zero-order valence-corrected chi connectivity index (χ0v) is 45.0. The van der Waals surface area contributed by atoms with Gasteiger partial charge < -0.3 is 58.8 Å². The first-order valence-corrected chi connectivity index (χ1v) is 26.1. The smallest absolute Gasteiger partial charge is 0.303 e. The van der Waals surface area contributed by atoms with E-state index in [1.54, 1.807) is 68.1 Å². The van der Waals surface area contributed by atoms with Crippen molar-refractivity contribution in [1.82, 2.24) is 40.2 Å². The van der Waals surface area contributed by atoms with Gasteiger partial charge in [0.2, 0.25) is 11.8 Å². The molecule has 0 radical (unpaired) electrons. The third-order valence-electron chi connectivity index (χ3n) is 13.8. The molecule has 6 heterocycles. The molecule has 2 aromatic carbocycles. The number of rotatable bonds is 19. The van der Waals surface area contributed by atoms with E-state index >= 15 is 0 Å². The summed E-state index contributed by atoms with van der Waals surface area (Å²) in [6.07, 6.45) is 2.73. The highest BCUT2D eigenvalue weighted by atomic mass is 16.5. The number of piperazine rings is 2. The van der Waals surface area contributed by atoms with E-state index in [1.807, 2.05) is 52.0 Å². The van der Waals surface area contributed by atoms with Crippen molar-refractivity contribution < 1.29 is 66.9 Å². The van der Waals surface area contributed by atoms with Crippen LogP contribution in [-0.4, -0.2) is 165 Å². The molecule has 2 saturated heterocycles. The maximum absolute atomic E-state index is 13.7. The molecule has 2 aliphatic heterocycles. The van der Waals surface area contributed by atoms with Crippen molar-refractivity contribution in [3.63, 3.8) is 0 Å². The van der Waals surface area contributed by atoms with Crippen LogP contribution >= 0.6 is 0 Å². The summed E-state index contributed by atoms with van der Waals surface area (Å²) in [4.78, 5) is 118. The van der Waals surface area contributed by atoms with Gasteiger partial charge in [0.15, 0.2) is 11.5 Å². The van der Waals surface area contributed by atoms with Crippen LogP contribution in [0.4, 0.5) is 0 Å². The number of carboxylic acid groups (broad SMARTS) is 2. The standard InChI is InChI=1S/C29H34N4O7.C28H32N4O7/c1-18(2)15-19-17-32(12-13-33(19)29(38)24-9-6-14-40-24)28(37)22(10-11-26(34)35)31-27(36)23-16-25(39-3)20-7-4-5-8-21(20)30-23;1-17(2)22-16-31(12-13-32(22)28(37)23-9-6-14-39-23)27(36)20(10-11-25(33)34)30-26(35)21-15-24(38-3)18-7-4-5-8-19(18)29-21/h4-9,14,16,18-19,22H,10-13,15,17H2,1-3H3,(H,31,36)(H,34,35);4-9,14-15,17,20,22H,10-13,16H2,1-3H3,(H,30,35)(H,33,34). The number of benzene rings is 2. The third kappa shape index (κ3) is 14.4. The molecule has 0 saturated carbocycles. The van der Waals surface area contributed by atoms with Gasteiger partial charge in [-0.3, -0.25) is 38.4 Å². The van der Waals surface area contributed by atoms with Crippen LogP contribution in [0.3, 0.4) is 0 Å². The molecule has 2 fully saturated rings. The van der Waals surface area contributed by atoms with Gasteiger partial charge in [0.1, 0.15) is 35.0 Å². The van der Waals surface area contributed by atoms with E-state index in [-0.39, 0.29) is 124 Å². The number of carbonyl (C=O) groups is 8. The second-order valence-corrected chi connectivity index (χ2v) is 20.0. The number of ether oxygens (including phenoxy) is 2. The average molecular weight is 1090 g/mol. The van der Waals surface area contributed by atoms with Crippen LogP contribution in [0.1, 0.15) is 102 Å². The van der Waals surface area contributed by atoms with Gasteiger partial charge in [0.25, 0.3) is 23.6 Å². The molecule has 4 aromatic heterocycles. The summed E-state index contributed by atoms with van der Waals surface area (Å²) in [6.45, 7) is 9.52. The van der Waals surface area contributed by atoms with Crippen LogP contribution in [0.5, 0.6) is 11.5 Å². The number of carboxylic acids is 2. The number of carbonyl (C=O) groups excluding carboxylic acids is 6. The normalized spacial score (nSPS) is 16.2. The van der Waals surface area contributed by atoms with Gasteiger partial charge in [-0.25, -0.2) is 9.97 Å². The van der Waals surface area contributed by atoms with Gasteiger partial charge in [0.05, 0.1) is 49.9 Å². The highest BCUT2D eigenvalue weighted by Crippen LogP contribution is 2.28. The fraction of sp³-hybridized carbons (Fsp3) is 0.404. The Balaban J connectivity index is 0.000000229. The predicted octanol–water partition coefficient (Wildman–Crippen LogP) is 6.01. The minimum atomic E-state index is -1.09. The number of methoxy groups -OCH3 is 2. The van der Waals surface area contributed by atoms with Crippen LogP contribution in [0.25, 0.3) is 21.8 Å². The largest absolute Gasteiger partial charge is 0.496 e. The number of aliphatic carboxylic acids is 2. The molecule has 2 aliphatic rings. The van der Waals surface area contributed by atoms with Crippen molar-refractivity contribution in [2.75, 3.05) is 53.5 Å². The number of hydrogen-bond donors (Lipinski definition) is 4.